The van der Waals surface area contributed by atoms with E-state index < -0.39 is 6.10 Å². The Labute approximate surface area is 146 Å². The standard InChI is InChI=1S/C19H23N3OS/c23-16(18-20-19(22-21-18)17-13-8-14-24-17)12-7-2-1-4-9-15-10-5-3-6-11-15/h3,5-6,8,10-11,13-14,16,23H,1-2,4,7,9,12H2,(H,20,21,22). The Morgan fingerprint density at radius 2 is 1.83 bits per heavy atom. The molecule has 5 heteroatoms. The van der Waals surface area contributed by atoms with Crippen molar-refractivity contribution in [2.45, 2.75) is 44.6 Å². The minimum atomic E-state index is -0.555. The highest BCUT2D eigenvalue weighted by atomic mass is 32.1. The average molecular weight is 341 g/mol. The van der Waals surface area contributed by atoms with Crippen molar-refractivity contribution in [1.82, 2.24) is 15.2 Å². The number of thiophene rings is 1. The van der Waals surface area contributed by atoms with Crippen LogP contribution in [0.5, 0.6) is 0 Å². The summed E-state index contributed by atoms with van der Waals surface area (Å²) in [5.41, 5.74) is 1.40. The Morgan fingerprint density at radius 3 is 2.62 bits per heavy atom. The molecule has 0 saturated carbocycles. The van der Waals surface area contributed by atoms with Gasteiger partial charge in [0.05, 0.1) is 4.88 Å². The maximum atomic E-state index is 10.2. The van der Waals surface area contributed by atoms with Gasteiger partial charge in [0.2, 0.25) is 0 Å². The molecular weight excluding hydrogens is 318 g/mol. The third kappa shape index (κ3) is 4.76. The third-order valence-electron chi connectivity index (χ3n) is 4.10. The predicted molar refractivity (Wildman–Crippen MR) is 97.9 cm³/mol. The van der Waals surface area contributed by atoms with Crippen LogP contribution in [0.1, 0.15) is 49.6 Å². The quantitative estimate of drug-likeness (QED) is 0.552. The number of nitrogens with zero attached hydrogens (tertiary/aromatic N) is 2. The largest absolute Gasteiger partial charge is 0.385 e. The molecule has 0 fully saturated rings. The number of H-pyrrole nitrogens is 1. The molecule has 0 saturated heterocycles. The number of rotatable bonds is 9. The van der Waals surface area contributed by atoms with Gasteiger partial charge in [-0.05, 0) is 36.3 Å². The molecule has 3 aromatic rings. The molecule has 1 atom stereocenters. The summed E-state index contributed by atoms with van der Waals surface area (Å²) < 4.78 is 0. The second kappa shape index (κ2) is 8.76. The molecule has 2 aromatic heterocycles. The lowest BCUT2D eigenvalue weighted by molar-refractivity contribution is 0.154. The number of aliphatic hydroxyl groups is 1. The van der Waals surface area contributed by atoms with Crippen molar-refractivity contribution in [2.24, 2.45) is 0 Å². The van der Waals surface area contributed by atoms with E-state index in [1.807, 2.05) is 17.5 Å². The minimum absolute atomic E-state index is 0.555. The molecule has 1 unspecified atom stereocenters. The second-order valence-corrected chi connectivity index (χ2v) is 6.92. The lowest BCUT2D eigenvalue weighted by Crippen LogP contribution is -2.00. The van der Waals surface area contributed by atoms with Gasteiger partial charge in [-0.1, -0.05) is 55.7 Å². The van der Waals surface area contributed by atoms with Crippen LogP contribution in [-0.2, 0) is 6.42 Å². The number of aromatic nitrogens is 3. The summed E-state index contributed by atoms with van der Waals surface area (Å²) in [7, 11) is 0. The molecule has 2 heterocycles. The zero-order valence-electron chi connectivity index (χ0n) is 13.7. The molecule has 126 valence electrons. The topological polar surface area (TPSA) is 61.8 Å². The van der Waals surface area contributed by atoms with Crippen molar-refractivity contribution >= 4 is 11.3 Å². The van der Waals surface area contributed by atoms with Crippen molar-refractivity contribution in [3.63, 3.8) is 0 Å². The lowest BCUT2D eigenvalue weighted by atomic mass is 10.0. The van der Waals surface area contributed by atoms with E-state index in [1.54, 1.807) is 11.3 Å². The highest BCUT2D eigenvalue weighted by Gasteiger charge is 2.14. The van der Waals surface area contributed by atoms with Gasteiger partial charge in [0, 0.05) is 0 Å². The predicted octanol–water partition coefficient (Wildman–Crippen LogP) is 4.76. The number of unbranched alkanes of at least 4 members (excludes halogenated alkanes) is 3. The summed E-state index contributed by atoms with van der Waals surface area (Å²) in [6.45, 7) is 0. The number of aryl methyl sites for hydroxylation is 1. The monoisotopic (exact) mass is 341 g/mol. The fourth-order valence-electron chi connectivity index (χ4n) is 2.74. The molecule has 0 aliphatic heterocycles. The van der Waals surface area contributed by atoms with Crippen LogP contribution in [0.25, 0.3) is 10.7 Å². The van der Waals surface area contributed by atoms with E-state index in [2.05, 4.69) is 45.5 Å². The number of nitrogens with one attached hydrogen (secondary N) is 1. The summed E-state index contributed by atoms with van der Waals surface area (Å²) in [5, 5.41) is 19.3. The van der Waals surface area contributed by atoms with E-state index in [4.69, 9.17) is 0 Å². The maximum Gasteiger partial charge on any atom is 0.191 e. The Bertz CT molecular complexity index is 709. The molecule has 3 rings (SSSR count). The Hall–Kier alpha value is -1.98. The average Bonchev–Trinajstić information content (AvgIpc) is 3.29. The molecule has 0 spiro atoms. The first-order valence-corrected chi connectivity index (χ1v) is 9.39. The van der Waals surface area contributed by atoms with Crippen LogP contribution in [0.15, 0.2) is 47.8 Å². The number of aromatic amines is 1. The van der Waals surface area contributed by atoms with Gasteiger partial charge in [0.25, 0.3) is 0 Å². The molecule has 24 heavy (non-hydrogen) atoms. The van der Waals surface area contributed by atoms with Crippen molar-refractivity contribution in [1.29, 1.82) is 0 Å². The maximum absolute atomic E-state index is 10.2. The van der Waals surface area contributed by atoms with Crippen LogP contribution >= 0.6 is 11.3 Å². The molecule has 2 N–H and O–H groups in total. The zero-order chi connectivity index (χ0) is 16.6. The number of hydrogen-bond acceptors (Lipinski definition) is 4. The van der Waals surface area contributed by atoms with Gasteiger partial charge >= 0.3 is 0 Å². The summed E-state index contributed by atoms with van der Waals surface area (Å²) in [5.74, 6) is 1.24. The van der Waals surface area contributed by atoms with E-state index in [0.29, 0.717) is 11.6 Å². The Balaban J connectivity index is 1.35. The molecule has 0 bridgehead atoms. The minimum Gasteiger partial charge on any atom is -0.385 e. The van der Waals surface area contributed by atoms with E-state index in [9.17, 15) is 5.11 Å². The number of hydrogen-bond donors (Lipinski definition) is 2. The van der Waals surface area contributed by atoms with Crippen molar-refractivity contribution in [3.05, 3.63) is 59.2 Å². The van der Waals surface area contributed by atoms with Crippen molar-refractivity contribution in [2.75, 3.05) is 0 Å². The van der Waals surface area contributed by atoms with Gasteiger partial charge in [0.1, 0.15) is 6.10 Å². The van der Waals surface area contributed by atoms with E-state index in [1.165, 1.54) is 18.4 Å². The van der Waals surface area contributed by atoms with Crippen molar-refractivity contribution < 1.29 is 5.11 Å². The smallest absolute Gasteiger partial charge is 0.191 e. The molecular formula is C19H23N3OS. The van der Waals surface area contributed by atoms with Crippen LogP contribution in [0.2, 0.25) is 0 Å². The summed E-state index contributed by atoms with van der Waals surface area (Å²) >= 11 is 1.60. The van der Waals surface area contributed by atoms with E-state index in [-0.39, 0.29) is 0 Å². The van der Waals surface area contributed by atoms with E-state index in [0.717, 1.165) is 30.6 Å². The molecule has 0 radical (unpaired) electrons. The molecule has 0 aliphatic carbocycles. The molecule has 0 aliphatic rings. The molecule has 4 nitrogen and oxygen atoms in total. The normalized spacial score (nSPS) is 12.4. The SMILES string of the molecule is OC(CCCCCCc1ccccc1)c1nc(-c2cccs2)n[nH]1. The van der Waals surface area contributed by atoms with Crippen LogP contribution in [0, 0.1) is 0 Å². The van der Waals surface area contributed by atoms with Crippen LogP contribution in [0.4, 0.5) is 0 Å². The van der Waals surface area contributed by atoms with Crippen LogP contribution in [0.3, 0.4) is 0 Å². The summed E-state index contributed by atoms with van der Waals surface area (Å²) in [6, 6.07) is 14.6. The summed E-state index contributed by atoms with van der Waals surface area (Å²) in [4.78, 5) is 5.42. The Kier molecular flexibility index (Phi) is 6.15. The van der Waals surface area contributed by atoms with Crippen LogP contribution < -0.4 is 0 Å². The molecule has 0 amide bonds. The van der Waals surface area contributed by atoms with Crippen molar-refractivity contribution in [3.8, 4) is 10.7 Å². The van der Waals surface area contributed by atoms with Gasteiger partial charge in [-0.25, -0.2) is 4.98 Å². The zero-order valence-corrected chi connectivity index (χ0v) is 14.5. The number of benzene rings is 1. The second-order valence-electron chi connectivity index (χ2n) is 5.98. The highest BCUT2D eigenvalue weighted by molar-refractivity contribution is 7.13. The first kappa shape index (κ1) is 16.9. The Morgan fingerprint density at radius 1 is 1.00 bits per heavy atom. The van der Waals surface area contributed by atoms with E-state index >= 15 is 0 Å². The number of aliphatic hydroxyl groups excluding tert-OH is 1. The van der Waals surface area contributed by atoms with Crippen LogP contribution in [-0.4, -0.2) is 20.3 Å². The molecule has 1 aromatic carbocycles. The fraction of sp³-hybridized carbons (Fsp3) is 0.368. The van der Waals surface area contributed by atoms with Gasteiger partial charge < -0.3 is 5.11 Å². The summed E-state index contributed by atoms with van der Waals surface area (Å²) in [6.07, 6.45) is 5.84. The first-order chi connectivity index (χ1) is 11.8. The van der Waals surface area contributed by atoms with Gasteiger partial charge in [-0.3, -0.25) is 5.10 Å². The van der Waals surface area contributed by atoms with Gasteiger partial charge in [0.15, 0.2) is 11.6 Å². The first-order valence-electron chi connectivity index (χ1n) is 8.51. The van der Waals surface area contributed by atoms with Gasteiger partial charge in [-0.15, -0.1) is 11.3 Å². The lowest BCUT2D eigenvalue weighted by Gasteiger charge is -2.07. The van der Waals surface area contributed by atoms with Gasteiger partial charge in [-0.2, -0.15) is 5.10 Å². The highest BCUT2D eigenvalue weighted by Crippen LogP contribution is 2.23. The third-order valence-corrected chi connectivity index (χ3v) is 4.96. The fourth-order valence-corrected chi connectivity index (χ4v) is 3.40.